The van der Waals surface area contributed by atoms with Gasteiger partial charge in [-0.05, 0) is 31.9 Å². The van der Waals surface area contributed by atoms with Crippen molar-refractivity contribution >= 4 is 0 Å². The van der Waals surface area contributed by atoms with E-state index in [1.807, 2.05) is 13.8 Å². The monoisotopic (exact) mass is 300 g/mol. The summed E-state index contributed by atoms with van der Waals surface area (Å²) in [6.45, 7) is 4.57. The zero-order valence-corrected chi connectivity index (χ0v) is 13.1. The Hall–Kier alpha value is -2.48. The molecule has 0 spiro atoms. The van der Waals surface area contributed by atoms with Crippen molar-refractivity contribution in [2.75, 3.05) is 14.2 Å². The Morgan fingerprint density at radius 3 is 2.59 bits per heavy atom. The van der Waals surface area contributed by atoms with Gasteiger partial charge < -0.3 is 14.0 Å². The molecule has 1 aliphatic heterocycles. The summed E-state index contributed by atoms with van der Waals surface area (Å²) in [6.07, 6.45) is 0.564. The molecule has 4 nitrogen and oxygen atoms in total. The Balaban J connectivity index is 2.39. The summed E-state index contributed by atoms with van der Waals surface area (Å²) < 4.78 is 27.2. The lowest BCUT2D eigenvalue weighted by Crippen LogP contribution is -2.14. The van der Waals surface area contributed by atoms with Crippen molar-refractivity contribution in [3.63, 3.8) is 0 Å². The number of aromatic nitrogens is 1. The minimum absolute atomic E-state index is 0.119. The van der Waals surface area contributed by atoms with Gasteiger partial charge in [0.15, 0.2) is 17.3 Å². The zero-order valence-electron chi connectivity index (χ0n) is 13.1. The summed E-state index contributed by atoms with van der Waals surface area (Å²) in [7, 11) is 2.90. The number of benzene rings is 1. The van der Waals surface area contributed by atoms with E-state index in [0.29, 0.717) is 35.4 Å². The smallest absolute Gasteiger partial charge is 0.197 e. The third-order valence-corrected chi connectivity index (χ3v) is 4.49. The first kappa shape index (κ1) is 14.5. The van der Waals surface area contributed by atoms with Crippen molar-refractivity contribution < 1.29 is 13.9 Å². The highest BCUT2D eigenvalue weighted by Crippen LogP contribution is 2.44. The molecule has 0 atom stereocenters. The van der Waals surface area contributed by atoms with Crippen LogP contribution in [-0.4, -0.2) is 18.8 Å². The Labute approximate surface area is 128 Å². The number of hydrogen-bond donors (Lipinski definition) is 0. The largest absolute Gasteiger partial charge is 0.493 e. The van der Waals surface area contributed by atoms with Crippen molar-refractivity contribution in [2.24, 2.45) is 0 Å². The molecule has 114 valence electrons. The molecule has 1 aliphatic rings. The van der Waals surface area contributed by atoms with Gasteiger partial charge in [0.2, 0.25) is 0 Å². The molecule has 0 radical (unpaired) electrons. The van der Waals surface area contributed by atoms with Crippen molar-refractivity contribution in [2.45, 2.75) is 26.8 Å². The van der Waals surface area contributed by atoms with E-state index in [4.69, 9.17) is 9.47 Å². The quantitative estimate of drug-likeness (QED) is 0.854. The number of halogens is 1. The SMILES string of the molecule is COc1cc2c(c(F)c1OC)CCn1c(C)c(C)c(C#N)c1-2. The molecule has 0 unspecified atom stereocenters. The van der Waals surface area contributed by atoms with Gasteiger partial charge in [0.05, 0.1) is 25.5 Å². The average Bonchev–Trinajstić information content (AvgIpc) is 2.78. The maximum Gasteiger partial charge on any atom is 0.197 e. The molecule has 0 aliphatic carbocycles. The van der Waals surface area contributed by atoms with Crippen molar-refractivity contribution in [3.8, 4) is 28.8 Å². The Morgan fingerprint density at radius 1 is 1.27 bits per heavy atom. The molecule has 2 aromatic rings. The Morgan fingerprint density at radius 2 is 2.00 bits per heavy atom. The fourth-order valence-electron chi connectivity index (χ4n) is 3.23. The highest BCUT2D eigenvalue weighted by Gasteiger charge is 2.29. The van der Waals surface area contributed by atoms with Crippen LogP contribution in [0, 0.1) is 31.0 Å². The molecule has 2 heterocycles. The van der Waals surface area contributed by atoms with Gasteiger partial charge in [-0.3, -0.25) is 0 Å². The molecule has 0 bridgehead atoms. The van der Waals surface area contributed by atoms with Gasteiger partial charge in [0, 0.05) is 23.4 Å². The summed E-state index contributed by atoms with van der Waals surface area (Å²) in [5, 5.41) is 9.50. The van der Waals surface area contributed by atoms with E-state index in [1.165, 1.54) is 14.2 Å². The molecule has 0 saturated carbocycles. The number of nitriles is 1. The van der Waals surface area contributed by atoms with Gasteiger partial charge >= 0.3 is 0 Å². The summed E-state index contributed by atoms with van der Waals surface area (Å²) in [5.41, 5.74) is 4.67. The van der Waals surface area contributed by atoms with Crippen molar-refractivity contribution in [3.05, 3.63) is 34.3 Å². The fraction of sp³-hybridized carbons (Fsp3) is 0.353. The number of methoxy groups -OCH3 is 2. The highest BCUT2D eigenvalue weighted by atomic mass is 19.1. The normalized spacial score (nSPS) is 12.4. The molecule has 0 fully saturated rings. The van der Waals surface area contributed by atoms with Gasteiger partial charge in [-0.2, -0.15) is 5.26 Å². The molecule has 1 aromatic carbocycles. The number of rotatable bonds is 2. The van der Waals surface area contributed by atoms with E-state index in [-0.39, 0.29) is 5.75 Å². The van der Waals surface area contributed by atoms with Crippen LogP contribution < -0.4 is 9.47 Å². The average molecular weight is 300 g/mol. The molecule has 22 heavy (non-hydrogen) atoms. The predicted octanol–water partition coefficient (Wildman–Crippen LogP) is 3.36. The Bertz CT molecular complexity index is 816. The van der Waals surface area contributed by atoms with Crippen LogP contribution in [0.4, 0.5) is 4.39 Å². The molecular formula is C17H17FN2O2. The first-order chi connectivity index (χ1) is 10.5. The van der Waals surface area contributed by atoms with Gasteiger partial charge in [0.25, 0.3) is 0 Å². The topological polar surface area (TPSA) is 47.2 Å². The molecule has 5 heteroatoms. The van der Waals surface area contributed by atoms with Crippen molar-refractivity contribution in [1.29, 1.82) is 5.26 Å². The van der Waals surface area contributed by atoms with E-state index in [9.17, 15) is 9.65 Å². The second-order valence-corrected chi connectivity index (χ2v) is 5.40. The maximum atomic E-state index is 14.7. The standard InChI is InChI=1S/C17H17FN2O2/c1-9-10(2)20-6-5-11-12(16(20)13(9)8-19)7-14(21-3)17(22-4)15(11)18/h7H,5-6H2,1-4H3. The summed E-state index contributed by atoms with van der Waals surface area (Å²) in [4.78, 5) is 0. The lowest BCUT2D eigenvalue weighted by atomic mass is 9.94. The van der Waals surface area contributed by atoms with Crippen molar-refractivity contribution in [1.82, 2.24) is 4.57 Å². The summed E-state index contributed by atoms with van der Waals surface area (Å²) >= 11 is 0. The first-order valence-corrected chi connectivity index (χ1v) is 7.08. The van der Waals surface area contributed by atoms with Gasteiger partial charge in [-0.1, -0.05) is 0 Å². The van der Waals surface area contributed by atoms with Gasteiger partial charge in [-0.15, -0.1) is 0 Å². The van der Waals surface area contributed by atoms with E-state index in [0.717, 1.165) is 17.0 Å². The summed E-state index contributed by atoms with van der Waals surface area (Å²) in [6, 6.07) is 4.02. The lowest BCUT2D eigenvalue weighted by Gasteiger charge is -2.23. The molecular weight excluding hydrogens is 283 g/mol. The zero-order chi connectivity index (χ0) is 16.0. The second kappa shape index (κ2) is 5.06. The van der Waals surface area contributed by atoms with Gasteiger partial charge in [0.1, 0.15) is 6.07 Å². The predicted molar refractivity (Wildman–Crippen MR) is 80.8 cm³/mol. The van der Waals surface area contributed by atoms with E-state index in [1.54, 1.807) is 6.07 Å². The van der Waals surface area contributed by atoms with E-state index >= 15 is 0 Å². The van der Waals surface area contributed by atoms with Gasteiger partial charge in [-0.25, -0.2) is 4.39 Å². The molecule has 0 saturated heterocycles. The first-order valence-electron chi connectivity index (χ1n) is 7.08. The minimum atomic E-state index is -0.400. The van der Waals surface area contributed by atoms with Crippen LogP contribution in [0.15, 0.2) is 6.07 Å². The lowest BCUT2D eigenvalue weighted by molar-refractivity contribution is 0.335. The number of hydrogen-bond acceptors (Lipinski definition) is 3. The number of nitrogens with zero attached hydrogens (tertiary/aromatic N) is 2. The van der Waals surface area contributed by atoms with Crippen LogP contribution in [0.3, 0.4) is 0 Å². The second-order valence-electron chi connectivity index (χ2n) is 5.40. The Kier molecular flexibility index (Phi) is 3.32. The third kappa shape index (κ3) is 1.73. The third-order valence-electron chi connectivity index (χ3n) is 4.49. The fourth-order valence-corrected chi connectivity index (χ4v) is 3.23. The van der Waals surface area contributed by atoms with Crippen LogP contribution in [0.2, 0.25) is 0 Å². The molecule has 1 aromatic heterocycles. The number of fused-ring (bicyclic) bond motifs is 3. The van der Waals surface area contributed by atoms with Crippen LogP contribution in [0.1, 0.15) is 22.4 Å². The molecule has 0 N–H and O–H groups in total. The van der Waals surface area contributed by atoms with E-state index < -0.39 is 5.82 Å². The van der Waals surface area contributed by atoms with Crippen LogP contribution in [0.25, 0.3) is 11.3 Å². The maximum absolute atomic E-state index is 14.7. The molecule has 3 rings (SSSR count). The minimum Gasteiger partial charge on any atom is -0.493 e. The number of ether oxygens (including phenoxy) is 2. The summed E-state index contributed by atoms with van der Waals surface area (Å²) in [5.74, 6) is 0.0595. The van der Waals surface area contributed by atoms with Crippen LogP contribution >= 0.6 is 0 Å². The van der Waals surface area contributed by atoms with E-state index in [2.05, 4.69) is 10.6 Å². The molecule has 0 amide bonds. The van der Waals surface area contributed by atoms with Crippen LogP contribution in [-0.2, 0) is 13.0 Å². The van der Waals surface area contributed by atoms with Crippen LogP contribution in [0.5, 0.6) is 11.5 Å². The highest BCUT2D eigenvalue weighted by molar-refractivity contribution is 5.77.